The molecule has 4 aliphatic carbocycles. The highest BCUT2D eigenvalue weighted by molar-refractivity contribution is 5.98. The first-order chi connectivity index (χ1) is 16.8. The first kappa shape index (κ1) is 23.8. The second-order valence-electron chi connectivity index (χ2n) is 13.6. The van der Waals surface area contributed by atoms with Crippen LogP contribution in [0.1, 0.15) is 60.3 Å². The van der Waals surface area contributed by atoms with Gasteiger partial charge in [-0.25, -0.2) is 0 Å². The predicted octanol–water partition coefficient (Wildman–Crippen LogP) is 1.74. The van der Waals surface area contributed by atoms with Gasteiger partial charge in [-0.2, -0.15) is 0 Å². The molecule has 7 aliphatic rings. The number of hydrogen-bond donors (Lipinski definition) is 3. The average Bonchev–Trinajstić information content (AvgIpc) is 3.42. The molecule has 3 heterocycles. The summed E-state index contributed by atoms with van der Waals surface area (Å²) in [6.45, 7) is 9.47. The summed E-state index contributed by atoms with van der Waals surface area (Å²) < 4.78 is 18.5. The van der Waals surface area contributed by atoms with Crippen LogP contribution in [0.5, 0.6) is 0 Å². The van der Waals surface area contributed by atoms with Crippen LogP contribution in [-0.2, 0) is 23.8 Å². The van der Waals surface area contributed by atoms with Crippen LogP contribution in [0.2, 0.25) is 0 Å². The summed E-state index contributed by atoms with van der Waals surface area (Å²) in [6.07, 6.45) is 3.37. The molecule has 0 radical (unpaired) electrons. The number of rotatable bonds is 0. The number of esters is 1. The zero-order chi connectivity index (χ0) is 25.8. The summed E-state index contributed by atoms with van der Waals surface area (Å²) in [5, 5.41) is 34.4. The zero-order valence-electron chi connectivity index (χ0n) is 21.6. The van der Waals surface area contributed by atoms with Gasteiger partial charge in [-0.1, -0.05) is 20.8 Å². The number of ether oxygens (including phenoxy) is 3. The van der Waals surface area contributed by atoms with E-state index in [4.69, 9.17) is 14.2 Å². The fourth-order valence-electron chi connectivity index (χ4n) is 10.5. The average molecular weight is 503 g/mol. The minimum atomic E-state index is -1.56. The summed E-state index contributed by atoms with van der Waals surface area (Å²) in [7, 11) is 0. The van der Waals surface area contributed by atoms with Gasteiger partial charge >= 0.3 is 5.97 Å². The number of carbonyl (C=O) groups excluding carboxylic acids is 2. The summed E-state index contributed by atoms with van der Waals surface area (Å²) in [6, 6.07) is 0. The molecule has 6 fully saturated rings. The van der Waals surface area contributed by atoms with Crippen LogP contribution in [0, 0.1) is 46.3 Å². The SMILES string of the molecule is C[C@@H]1[C@@H](C)C(=O)OC12OC1C[C@H]3[C@@H]4C[C@H]5O[C@]56[C@@H](O)C=CC(=O)[C@]6(C)[C@H]4CC[C@]3(C)C1[C@@](C)(O)[C@@H]2O. The van der Waals surface area contributed by atoms with E-state index >= 15 is 0 Å². The van der Waals surface area contributed by atoms with Gasteiger partial charge in [0.25, 0.3) is 0 Å². The zero-order valence-corrected chi connectivity index (χ0v) is 21.6. The Kier molecular flexibility index (Phi) is 4.38. The van der Waals surface area contributed by atoms with E-state index in [1.165, 1.54) is 6.08 Å². The van der Waals surface area contributed by atoms with E-state index < -0.39 is 52.4 Å². The number of epoxide rings is 1. The Balaban J connectivity index is 1.28. The van der Waals surface area contributed by atoms with Gasteiger partial charge < -0.3 is 29.5 Å². The van der Waals surface area contributed by atoms with Crippen LogP contribution in [0.15, 0.2) is 12.2 Å². The molecule has 7 rings (SSSR count). The summed E-state index contributed by atoms with van der Waals surface area (Å²) in [4.78, 5) is 25.9. The molecule has 3 unspecified atom stereocenters. The maximum Gasteiger partial charge on any atom is 0.311 e. The van der Waals surface area contributed by atoms with E-state index in [-0.39, 0.29) is 47.1 Å². The molecule has 36 heavy (non-hydrogen) atoms. The Morgan fingerprint density at radius 2 is 1.75 bits per heavy atom. The first-order valence-corrected chi connectivity index (χ1v) is 13.7. The molecule has 3 aliphatic heterocycles. The molecule has 0 amide bonds. The van der Waals surface area contributed by atoms with E-state index in [2.05, 4.69) is 6.92 Å². The predicted molar refractivity (Wildman–Crippen MR) is 125 cm³/mol. The summed E-state index contributed by atoms with van der Waals surface area (Å²) >= 11 is 0. The van der Waals surface area contributed by atoms with Crippen molar-refractivity contribution in [3.8, 4) is 0 Å². The molecule has 198 valence electrons. The second kappa shape index (κ2) is 6.63. The van der Waals surface area contributed by atoms with E-state index in [1.54, 1.807) is 19.9 Å². The van der Waals surface area contributed by atoms with Crippen LogP contribution in [0.4, 0.5) is 0 Å². The molecular weight excluding hydrogens is 464 g/mol. The van der Waals surface area contributed by atoms with Gasteiger partial charge in [0.15, 0.2) is 5.78 Å². The molecular formula is C28H38O8. The van der Waals surface area contributed by atoms with Crippen LogP contribution in [0.25, 0.3) is 0 Å². The van der Waals surface area contributed by atoms with Crippen LogP contribution in [0.3, 0.4) is 0 Å². The molecule has 2 spiro atoms. The monoisotopic (exact) mass is 502 g/mol. The van der Waals surface area contributed by atoms with E-state index in [0.29, 0.717) is 6.42 Å². The standard InChI is InChI=1S/C28H38O8/c1-12-13(2)28(36-22(12)31)23(32)26(5,33)21-17(34-28)11-16-14-10-20-27(35-20)19(30)7-6-18(29)25(27,4)15(14)8-9-24(16,21)3/h6-7,12-17,19-21,23,30,32-33H,8-11H2,1-5H3/t12-,13-,14-,15+,16+,17?,19+,20-,21?,23+,24+,25+,26-,27-,28?/m1/s1. The lowest BCUT2D eigenvalue weighted by Crippen LogP contribution is -2.71. The number of aliphatic hydroxyl groups excluding tert-OH is 2. The van der Waals surface area contributed by atoms with Gasteiger partial charge in [0, 0.05) is 11.8 Å². The van der Waals surface area contributed by atoms with E-state index in [0.717, 1.165) is 19.3 Å². The third-order valence-corrected chi connectivity index (χ3v) is 12.5. The maximum absolute atomic E-state index is 13.4. The number of ketones is 1. The Bertz CT molecular complexity index is 1090. The van der Waals surface area contributed by atoms with Crippen molar-refractivity contribution in [3.63, 3.8) is 0 Å². The van der Waals surface area contributed by atoms with Crippen LogP contribution < -0.4 is 0 Å². The number of carbonyl (C=O) groups is 2. The van der Waals surface area contributed by atoms with E-state index in [9.17, 15) is 24.9 Å². The van der Waals surface area contributed by atoms with Gasteiger partial charge in [-0.3, -0.25) is 9.59 Å². The molecule has 0 aromatic rings. The van der Waals surface area contributed by atoms with Gasteiger partial charge in [-0.15, -0.1) is 0 Å². The lowest BCUT2D eigenvalue weighted by atomic mass is 9.44. The maximum atomic E-state index is 13.4. The Morgan fingerprint density at radius 3 is 2.42 bits per heavy atom. The quantitative estimate of drug-likeness (QED) is 0.338. The van der Waals surface area contributed by atoms with Crippen molar-refractivity contribution in [1.29, 1.82) is 0 Å². The molecule has 3 saturated heterocycles. The minimum absolute atomic E-state index is 0.0299. The fourth-order valence-corrected chi connectivity index (χ4v) is 10.5. The van der Waals surface area contributed by atoms with Crippen LogP contribution >= 0.6 is 0 Å². The Hall–Kier alpha value is -1.32. The number of hydrogen-bond acceptors (Lipinski definition) is 8. The Labute approximate surface area is 211 Å². The number of fused-ring (bicyclic) bond motifs is 6. The van der Waals surface area contributed by atoms with Crippen molar-refractivity contribution in [3.05, 3.63) is 12.2 Å². The smallest absolute Gasteiger partial charge is 0.311 e. The number of allylic oxidation sites excluding steroid dienone is 1. The Morgan fingerprint density at radius 1 is 1.03 bits per heavy atom. The number of aliphatic hydroxyl groups is 3. The van der Waals surface area contributed by atoms with Crippen LogP contribution in [-0.4, -0.2) is 68.5 Å². The largest absolute Gasteiger partial charge is 0.429 e. The summed E-state index contributed by atoms with van der Waals surface area (Å²) in [5.74, 6) is -2.78. The second-order valence-corrected chi connectivity index (χ2v) is 13.6. The molecule has 3 saturated carbocycles. The lowest BCUT2D eigenvalue weighted by molar-refractivity contribution is -0.368. The normalized spacial score (nSPS) is 64.8. The molecule has 3 N–H and O–H groups in total. The molecule has 8 nitrogen and oxygen atoms in total. The topological polar surface area (TPSA) is 126 Å². The third-order valence-electron chi connectivity index (χ3n) is 12.5. The highest BCUT2D eigenvalue weighted by Gasteiger charge is 2.82. The minimum Gasteiger partial charge on any atom is -0.429 e. The van der Waals surface area contributed by atoms with Crippen molar-refractivity contribution in [2.75, 3.05) is 0 Å². The van der Waals surface area contributed by atoms with Gasteiger partial charge in [0.2, 0.25) is 5.79 Å². The molecule has 15 atom stereocenters. The molecule has 8 heteroatoms. The van der Waals surface area contributed by atoms with Crippen molar-refractivity contribution in [2.24, 2.45) is 46.3 Å². The van der Waals surface area contributed by atoms with Crippen molar-refractivity contribution in [2.45, 2.75) is 102 Å². The fraction of sp³-hybridized carbons (Fsp3) is 0.857. The molecule has 0 aromatic carbocycles. The highest BCUT2D eigenvalue weighted by atomic mass is 16.7. The van der Waals surface area contributed by atoms with Crippen molar-refractivity contribution in [1.82, 2.24) is 0 Å². The highest BCUT2D eigenvalue weighted by Crippen LogP contribution is 2.74. The molecule has 0 aromatic heterocycles. The van der Waals surface area contributed by atoms with Gasteiger partial charge in [0.05, 0.1) is 23.5 Å². The lowest BCUT2D eigenvalue weighted by Gasteiger charge is -2.60. The van der Waals surface area contributed by atoms with Crippen molar-refractivity contribution < 1.29 is 39.1 Å². The van der Waals surface area contributed by atoms with Gasteiger partial charge in [0.1, 0.15) is 23.4 Å². The van der Waals surface area contributed by atoms with Gasteiger partial charge in [-0.05, 0) is 74.9 Å². The summed E-state index contributed by atoms with van der Waals surface area (Å²) in [5.41, 5.74) is -3.47. The van der Waals surface area contributed by atoms with Crippen molar-refractivity contribution >= 4 is 11.8 Å². The third kappa shape index (κ3) is 2.29. The first-order valence-electron chi connectivity index (χ1n) is 13.7. The molecule has 0 bridgehead atoms. The van der Waals surface area contributed by atoms with E-state index in [1.807, 2.05) is 13.8 Å².